The maximum atomic E-state index is 13.0. The number of likely N-dealkylation sites (tertiary alicyclic amines) is 1. The topological polar surface area (TPSA) is 147 Å². The second-order valence-corrected chi connectivity index (χ2v) is 7.68. The summed E-state index contributed by atoms with van der Waals surface area (Å²) in [6.45, 7) is 6.00. The Hall–Kier alpha value is -4.12. The molecule has 11 nitrogen and oxygen atoms in total. The third-order valence-electron chi connectivity index (χ3n) is 5.84. The van der Waals surface area contributed by atoms with Crippen LogP contribution in [0.3, 0.4) is 0 Å². The van der Waals surface area contributed by atoms with Crippen molar-refractivity contribution in [1.82, 2.24) is 9.80 Å². The molecule has 2 aromatic rings. The van der Waals surface area contributed by atoms with Gasteiger partial charge in [0.1, 0.15) is 5.76 Å². The zero-order valence-corrected chi connectivity index (χ0v) is 18.7. The smallest absolute Gasteiger partial charge is 0.295 e. The highest BCUT2D eigenvalue weighted by molar-refractivity contribution is 6.46. The van der Waals surface area contributed by atoms with E-state index in [2.05, 4.69) is 4.90 Å². The van der Waals surface area contributed by atoms with E-state index in [0.717, 1.165) is 13.1 Å². The molecule has 0 spiro atoms. The van der Waals surface area contributed by atoms with Crippen LogP contribution in [0.2, 0.25) is 0 Å². The van der Waals surface area contributed by atoms with E-state index in [-0.39, 0.29) is 29.1 Å². The number of rotatable bonds is 9. The SMILES string of the molecule is CCN(CC)CCN1C(=O)C(=O)/C(=C(/O)c2ccc([N+](=O)[O-])cc2)[C@H]1c1cccc([N+](=O)[O-])c1. The Morgan fingerprint density at radius 3 is 2.18 bits per heavy atom. The van der Waals surface area contributed by atoms with E-state index < -0.39 is 33.3 Å². The van der Waals surface area contributed by atoms with Gasteiger partial charge in [-0.2, -0.15) is 0 Å². The van der Waals surface area contributed by atoms with Crippen LogP contribution < -0.4 is 0 Å². The first-order valence-corrected chi connectivity index (χ1v) is 10.7. The van der Waals surface area contributed by atoms with Gasteiger partial charge < -0.3 is 14.9 Å². The summed E-state index contributed by atoms with van der Waals surface area (Å²) in [4.78, 5) is 50.5. The molecule has 0 unspecified atom stereocenters. The van der Waals surface area contributed by atoms with Crippen molar-refractivity contribution < 1.29 is 24.5 Å². The largest absolute Gasteiger partial charge is 0.507 e. The Labute approximate surface area is 195 Å². The molecule has 2 aromatic carbocycles. The number of hydrogen-bond acceptors (Lipinski definition) is 8. The lowest BCUT2D eigenvalue weighted by Gasteiger charge is -2.28. The van der Waals surface area contributed by atoms with E-state index in [4.69, 9.17) is 0 Å². The second-order valence-electron chi connectivity index (χ2n) is 7.68. The van der Waals surface area contributed by atoms with Crippen molar-refractivity contribution in [3.05, 3.63) is 85.5 Å². The standard InChI is InChI=1S/C23H24N4O7/c1-3-24(4-2)12-13-25-20(16-6-5-7-18(14-16)27(33)34)19(22(29)23(25)30)21(28)15-8-10-17(11-9-15)26(31)32/h5-11,14,20,28H,3-4,12-13H2,1-2H3/b21-19+/t20-/m1/s1. The van der Waals surface area contributed by atoms with E-state index in [9.17, 15) is 34.9 Å². The average Bonchev–Trinajstić information content (AvgIpc) is 3.09. The van der Waals surface area contributed by atoms with Crippen LogP contribution in [0.5, 0.6) is 0 Å². The average molecular weight is 468 g/mol. The van der Waals surface area contributed by atoms with Gasteiger partial charge in [-0.25, -0.2) is 0 Å². The summed E-state index contributed by atoms with van der Waals surface area (Å²) in [5.41, 5.74) is -0.230. The van der Waals surface area contributed by atoms with E-state index in [1.165, 1.54) is 47.4 Å². The molecule has 178 valence electrons. The second kappa shape index (κ2) is 10.2. The Morgan fingerprint density at radius 1 is 1.00 bits per heavy atom. The molecule has 1 atom stereocenters. The number of nitro benzene ring substituents is 2. The van der Waals surface area contributed by atoms with Crippen LogP contribution in [0.25, 0.3) is 5.76 Å². The minimum atomic E-state index is -1.05. The van der Waals surface area contributed by atoms with Crippen molar-refractivity contribution in [2.45, 2.75) is 19.9 Å². The van der Waals surface area contributed by atoms with Crippen LogP contribution in [0.1, 0.15) is 31.0 Å². The number of ketones is 1. The molecule has 11 heteroatoms. The molecule has 0 saturated carbocycles. The molecule has 1 fully saturated rings. The number of amides is 1. The van der Waals surface area contributed by atoms with Crippen LogP contribution in [0.4, 0.5) is 11.4 Å². The summed E-state index contributed by atoms with van der Waals surface area (Å²) in [6.07, 6.45) is 0. The summed E-state index contributed by atoms with van der Waals surface area (Å²) in [7, 11) is 0. The van der Waals surface area contributed by atoms with Crippen molar-refractivity contribution in [2.75, 3.05) is 26.2 Å². The predicted octanol–water partition coefficient (Wildman–Crippen LogP) is 3.27. The number of non-ortho nitro benzene ring substituents is 2. The molecule has 0 radical (unpaired) electrons. The molecular formula is C23H24N4O7. The number of nitrogens with zero attached hydrogens (tertiary/aromatic N) is 4. The van der Waals surface area contributed by atoms with E-state index in [1.54, 1.807) is 6.07 Å². The number of aliphatic hydroxyl groups is 1. The monoisotopic (exact) mass is 468 g/mol. The number of Topliss-reactive ketones (excluding diaryl/α,β-unsaturated/α-hetero) is 1. The molecule has 0 bridgehead atoms. The number of carbonyl (C=O) groups excluding carboxylic acids is 2. The Kier molecular flexibility index (Phi) is 7.37. The van der Waals surface area contributed by atoms with Crippen LogP contribution in [0.15, 0.2) is 54.1 Å². The fourth-order valence-corrected chi connectivity index (χ4v) is 3.95. The number of likely N-dealkylation sites (N-methyl/N-ethyl adjacent to an activating group) is 1. The van der Waals surface area contributed by atoms with Gasteiger partial charge in [-0.3, -0.25) is 29.8 Å². The number of carbonyl (C=O) groups is 2. The highest BCUT2D eigenvalue weighted by Crippen LogP contribution is 2.40. The van der Waals surface area contributed by atoms with Crippen molar-refractivity contribution in [1.29, 1.82) is 0 Å². The van der Waals surface area contributed by atoms with Gasteiger partial charge in [-0.05, 0) is 30.8 Å². The van der Waals surface area contributed by atoms with Crippen LogP contribution in [-0.4, -0.2) is 62.6 Å². The molecule has 1 saturated heterocycles. The molecule has 1 heterocycles. The van der Waals surface area contributed by atoms with Gasteiger partial charge in [0.2, 0.25) is 0 Å². The Bertz CT molecular complexity index is 1160. The lowest BCUT2D eigenvalue weighted by molar-refractivity contribution is -0.385. The third kappa shape index (κ3) is 4.79. The lowest BCUT2D eigenvalue weighted by Crippen LogP contribution is -2.38. The van der Waals surface area contributed by atoms with Gasteiger partial charge >= 0.3 is 0 Å². The van der Waals surface area contributed by atoms with Gasteiger partial charge in [0, 0.05) is 42.9 Å². The third-order valence-corrected chi connectivity index (χ3v) is 5.84. The molecule has 0 aromatic heterocycles. The molecule has 1 amide bonds. The van der Waals surface area contributed by atoms with Crippen LogP contribution in [-0.2, 0) is 9.59 Å². The molecular weight excluding hydrogens is 444 g/mol. The maximum absolute atomic E-state index is 13.0. The lowest BCUT2D eigenvalue weighted by atomic mass is 9.95. The first-order chi connectivity index (χ1) is 16.2. The highest BCUT2D eigenvalue weighted by atomic mass is 16.6. The number of nitro groups is 2. The Balaban J connectivity index is 2.13. The number of hydrogen-bond donors (Lipinski definition) is 1. The van der Waals surface area contributed by atoms with E-state index in [1.807, 2.05) is 13.8 Å². The molecule has 0 aliphatic carbocycles. The summed E-state index contributed by atoms with van der Waals surface area (Å²) < 4.78 is 0. The van der Waals surface area contributed by atoms with Gasteiger partial charge in [0.25, 0.3) is 23.1 Å². The number of aliphatic hydroxyl groups excluding tert-OH is 1. The van der Waals surface area contributed by atoms with Crippen molar-refractivity contribution in [3.8, 4) is 0 Å². The van der Waals surface area contributed by atoms with E-state index in [0.29, 0.717) is 12.1 Å². The van der Waals surface area contributed by atoms with Gasteiger partial charge in [-0.1, -0.05) is 26.0 Å². The van der Waals surface area contributed by atoms with Gasteiger partial charge in [0.05, 0.1) is 21.5 Å². The fraction of sp³-hybridized carbons (Fsp3) is 0.304. The first-order valence-electron chi connectivity index (χ1n) is 10.7. The predicted molar refractivity (Wildman–Crippen MR) is 123 cm³/mol. The number of benzene rings is 2. The summed E-state index contributed by atoms with van der Waals surface area (Å²) in [5, 5.41) is 33.3. The van der Waals surface area contributed by atoms with E-state index >= 15 is 0 Å². The zero-order valence-electron chi connectivity index (χ0n) is 18.7. The van der Waals surface area contributed by atoms with Crippen molar-refractivity contribution in [2.24, 2.45) is 0 Å². The normalized spacial score (nSPS) is 17.4. The molecule has 1 aliphatic rings. The minimum absolute atomic E-state index is 0.114. The van der Waals surface area contributed by atoms with Crippen molar-refractivity contribution in [3.63, 3.8) is 0 Å². The molecule has 1 aliphatic heterocycles. The maximum Gasteiger partial charge on any atom is 0.295 e. The zero-order chi connectivity index (χ0) is 25.0. The Morgan fingerprint density at radius 2 is 1.62 bits per heavy atom. The molecule has 34 heavy (non-hydrogen) atoms. The molecule has 3 rings (SSSR count). The first kappa shape index (κ1) is 24.5. The summed E-state index contributed by atoms with van der Waals surface area (Å²) in [5.74, 6) is -2.26. The van der Waals surface area contributed by atoms with Gasteiger partial charge in [0.15, 0.2) is 0 Å². The summed E-state index contributed by atoms with van der Waals surface area (Å²) in [6, 6.07) is 9.42. The summed E-state index contributed by atoms with van der Waals surface area (Å²) >= 11 is 0. The minimum Gasteiger partial charge on any atom is -0.507 e. The quantitative estimate of drug-likeness (QED) is 0.194. The molecule has 1 N–H and O–H groups in total. The van der Waals surface area contributed by atoms with Crippen molar-refractivity contribution >= 4 is 28.8 Å². The van der Waals surface area contributed by atoms with Gasteiger partial charge in [-0.15, -0.1) is 0 Å². The fourth-order valence-electron chi connectivity index (χ4n) is 3.95. The van der Waals surface area contributed by atoms with Crippen LogP contribution >= 0.6 is 0 Å². The van der Waals surface area contributed by atoms with Crippen LogP contribution in [0, 0.1) is 20.2 Å². The highest BCUT2D eigenvalue weighted by Gasteiger charge is 2.46.